The van der Waals surface area contributed by atoms with Crippen LogP contribution >= 0.6 is 0 Å². The summed E-state index contributed by atoms with van der Waals surface area (Å²) in [5.41, 5.74) is 4.59. The molecule has 0 unspecified atom stereocenters. The van der Waals surface area contributed by atoms with E-state index in [9.17, 15) is 0 Å². The van der Waals surface area contributed by atoms with Gasteiger partial charge in [0.25, 0.3) is 0 Å². The number of fused-ring (bicyclic) bond motifs is 1. The summed E-state index contributed by atoms with van der Waals surface area (Å²) in [6.45, 7) is 0.787. The molecule has 4 heterocycles. The number of nitrogens with zero attached hydrogens (tertiary/aromatic N) is 7. The van der Waals surface area contributed by atoms with Crippen molar-refractivity contribution in [2.24, 2.45) is 0 Å². The molecule has 8 nitrogen and oxygen atoms in total. The SMILES string of the molecule is c1ccc2c(-c3cn(-c4cnn(CCc5ccncc5)c4)nn3)n[nH]c2c1. The van der Waals surface area contributed by atoms with Gasteiger partial charge < -0.3 is 0 Å². The number of hydrogen-bond acceptors (Lipinski definition) is 5. The second-order valence-electron chi connectivity index (χ2n) is 6.23. The quantitative estimate of drug-likeness (QED) is 0.523. The lowest BCUT2D eigenvalue weighted by atomic mass is 10.2. The lowest BCUT2D eigenvalue weighted by Crippen LogP contribution is -2.01. The van der Waals surface area contributed by atoms with Crippen molar-refractivity contribution in [1.29, 1.82) is 0 Å². The van der Waals surface area contributed by atoms with Gasteiger partial charge in [0.15, 0.2) is 0 Å². The molecular formula is C19H16N8. The lowest BCUT2D eigenvalue weighted by Gasteiger charge is -2.01. The molecule has 1 aromatic carbocycles. The highest BCUT2D eigenvalue weighted by molar-refractivity contribution is 5.91. The van der Waals surface area contributed by atoms with Crippen molar-refractivity contribution in [3.05, 3.63) is 72.9 Å². The van der Waals surface area contributed by atoms with Crippen molar-refractivity contribution >= 4 is 10.9 Å². The first-order valence-electron chi connectivity index (χ1n) is 8.64. The molecule has 4 aromatic heterocycles. The number of aromatic amines is 1. The summed E-state index contributed by atoms with van der Waals surface area (Å²) in [5, 5.41) is 21.4. The maximum Gasteiger partial charge on any atom is 0.134 e. The molecule has 0 spiro atoms. The van der Waals surface area contributed by atoms with Gasteiger partial charge in [0, 0.05) is 24.3 Å². The van der Waals surface area contributed by atoms with E-state index in [2.05, 4.69) is 30.6 Å². The first kappa shape index (κ1) is 15.4. The van der Waals surface area contributed by atoms with Gasteiger partial charge in [-0.15, -0.1) is 5.10 Å². The van der Waals surface area contributed by atoms with Crippen molar-refractivity contribution in [2.75, 3.05) is 0 Å². The number of rotatable bonds is 5. The van der Waals surface area contributed by atoms with E-state index in [1.165, 1.54) is 5.56 Å². The number of aromatic nitrogens is 8. The third-order valence-electron chi connectivity index (χ3n) is 4.47. The van der Waals surface area contributed by atoms with Crippen LogP contribution in [0.4, 0.5) is 0 Å². The van der Waals surface area contributed by atoms with Gasteiger partial charge in [-0.2, -0.15) is 10.2 Å². The fourth-order valence-electron chi connectivity index (χ4n) is 3.04. The highest BCUT2D eigenvalue weighted by Crippen LogP contribution is 2.24. The molecule has 0 saturated carbocycles. The highest BCUT2D eigenvalue weighted by atomic mass is 15.4. The zero-order valence-electron chi connectivity index (χ0n) is 14.4. The van der Waals surface area contributed by atoms with E-state index < -0.39 is 0 Å². The molecule has 0 atom stereocenters. The molecular weight excluding hydrogens is 340 g/mol. The van der Waals surface area contributed by atoms with Crippen molar-refractivity contribution in [3.63, 3.8) is 0 Å². The smallest absolute Gasteiger partial charge is 0.134 e. The van der Waals surface area contributed by atoms with Gasteiger partial charge in [0.2, 0.25) is 0 Å². The molecule has 8 heteroatoms. The van der Waals surface area contributed by atoms with E-state index in [0.29, 0.717) is 0 Å². The maximum atomic E-state index is 4.42. The third-order valence-corrected chi connectivity index (χ3v) is 4.47. The zero-order chi connectivity index (χ0) is 18.1. The summed E-state index contributed by atoms with van der Waals surface area (Å²) in [4.78, 5) is 4.04. The van der Waals surface area contributed by atoms with Crippen LogP contribution in [0.5, 0.6) is 0 Å². The van der Waals surface area contributed by atoms with Crippen LogP contribution in [0.1, 0.15) is 5.56 Å². The number of pyridine rings is 1. The predicted octanol–water partition coefficient (Wildman–Crippen LogP) is 2.64. The van der Waals surface area contributed by atoms with Gasteiger partial charge in [-0.3, -0.25) is 14.8 Å². The van der Waals surface area contributed by atoms with Crippen molar-refractivity contribution in [1.82, 2.24) is 40.0 Å². The van der Waals surface area contributed by atoms with Crippen LogP contribution in [0.15, 0.2) is 67.4 Å². The second kappa shape index (κ2) is 6.49. The van der Waals surface area contributed by atoms with Crippen LogP contribution in [-0.2, 0) is 13.0 Å². The van der Waals surface area contributed by atoms with E-state index in [-0.39, 0.29) is 0 Å². The van der Waals surface area contributed by atoms with E-state index in [4.69, 9.17) is 0 Å². The topological polar surface area (TPSA) is 90.1 Å². The highest BCUT2D eigenvalue weighted by Gasteiger charge is 2.12. The Bertz CT molecular complexity index is 1180. The van der Waals surface area contributed by atoms with Crippen molar-refractivity contribution in [2.45, 2.75) is 13.0 Å². The first-order chi connectivity index (χ1) is 13.4. The molecule has 1 N–H and O–H groups in total. The van der Waals surface area contributed by atoms with Gasteiger partial charge in [0.05, 0.1) is 24.1 Å². The summed E-state index contributed by atoms with van der Waals surface area (Å²) in [5.74, 6) is 0. The Morgan fingerprint density at radius 2 is 1.89 bits per heavy atom. The summed E-state index contributed by atoms with van der Waals surface area (Å²) in [6.07, 6.45) is 10.1. The van der Waals surface area contributed by atoms with E-state index in [0.717, 1.165) is 40.9 Å². The number of benzene rings is 1. The molecule has 0 aliphatic carbocycles. The number of H-pyrrole nitrogens is 1. The van der Waals surface area contributed by atoms with E-state index >= 15 is 0 Å². The Kier molecular flexibility index (Phi) is 3.71. The van der Waals surface area contributed by atoms with Crippen molar-refractivity contribution in [3.8, 4) is 17.1 Å². The third kappa shape index (κ3) is 2.97. The zero-order valence-corrected chi connectivity index (χ0v) is 14.4. The minimum Gasteiger partial charge on any atom is -0.277 e. The van der Waals surface area contributed by atoms with Crippen LogP contribution in [0.3, 0.4) is 0 Å². The average Bonchev–Trinajstić information content (AvgIpc) is 3.45. The standard InChI is InChI=1S/C19H16N8/c1-2-4-17-16(3-1)19(24-22-17)18-13-27(25-23-18)15-11-21-26(12-15)10-7-14-5-8-20-9-6-14/h1-6,8-9,11-13H,7,10H2,(H,22,24). The Balaban J connectivity index is 1.36. The second-order valence-corrected chi connectivity index (χ2v) is 6.23. The number of hydrogen-bond donors (Lipinski definition) is 1. The normalized spacial score (nSPS) is 11.3. The van der Waals surface area contributed by atoms with Gasteiger partial charge in [0.1, 0.15) is 17.1 Å². The lowest BCUT2D eigenvalue weighted by molar-refractivity contribution is 0.614. The number of nitrogens with one attached hydrogen (secondary N) is 1. The van der Waals surface area contributed by atoms with Gasteiger partial charge in [-0.1, -0.05) is 23.4 Å². The van der Waals surface area contributed by atoms with Crippen LogP contribution in [0.25, 0.3) is 28.0 Å². The summed E-state index contributed by atoms with van der Waals surface area (Å²) >= 11 is 0. The molecule has 5 aromatic rings. The summed E-state index contributed by atoms with van der Waals surface area (Å²) in [6, 6.07) is 12.0. The molecule has 27 heavy (non-hydrogen) atoms. The molecule has 0 saturated heterocycles. The fraction of sp³-hybridized carbons (Fsp3) is 0.105. The molecule has 0 bridgehead atoms. The summed E-state index contributed by atoms with van der Waals surface area (Å²) in [7, 11) is 0. The van der Waals surface area contributed by atoms with Crippen LogP contribution in [0, 0.1) is 0 Å². The van der Waals surface area contributed by atoms with Crippen molar-refractivity contribution < 1.29 is 0 Å². The Labute approximate surface area is 154 Å². The molecule has 0 aliphatic rings. The van der Waals surface area contributed by atoms with Crippen LogP contribution in [0.2, 0.25) is 0 Å². The molecule has 0 aliphatic heterocycles. The van der Waals surface area contributed by atoms with E-state index in [1.54, 1.807) is 23.3 Å². The summed E-state index contributed by atoms with van der Waals surface area (Å²) < 4.78 is 3.62. The monoisotopic (exact) mass is 356 g/mol. The van der Waals surface area contributed by atoms with E-state index in [1.807, 2.05) is 53.5 Å². The average molecular weight is 356 g/mol. The number of para-hydroxylation sites is 1. The Morgan fingerprint density at radius 1 is 1.00 bits per heavy atom. The molecule has 0 radical (unpaired) electrons. The molecule has 0 amide bonds. The minimum absolute atomic E-state index is 0.719. The first-order valence-corrected chi connectivity index (χ1v) is 8.64. The fourth-order valence-corrected chi connectivity index (χ4v) is 3.04. The Hall–Kier alpha value is -3.81. The molecule has 5 rings (SSSR count). The van der Waals surface area contributed by atoms with Gasteiger partial charge >= 0.3 is 0 Å². The minimum atomic E-state index is 0.719. The predicted molar refractivity (Wildman–Crippen MR) is 100 cm³/mol. The van der Waals surface area contributed by atoms with Gasteiger partial charge in [-0.25, -0.2) is 4.68 Å². The molecule has 0 fully saturated rings. The largest absolute Gasteiger partial charge is 0.277 e. The molecule has 132 valence electrons. The Morgan fingerprint density at radius 3 is 2.81 bits per heavy atom. The van der Waals surface area contributed by atoms with Crippen LogP contribution < -0.4 is 0 Å². The maximum absolute atomic E-state index is 4.42. The van der Waals surface area contributed by atoms with Gasteiger partial charge in [-0.05, 0) is 30.2 Å². The number of aryl methyl sites for hydroxylation is 2. The van der Waals surface area contributed by atoms with Crippen LogP contribution in [-0.4, -0.2) is 40.0 Å².